The lowest BCUT2D eigenvalue weighted by Gasteiger charge is -2.13. The van der Waals surface area contributed by atoms with E-state index >= 15 is 0 Å². The van der Waals surface area contributed by atoms with Crippen molar-refractivity contribution >= 4 is 74.3 Å². The fourth-order valence-corrected chi connectivity index (χ4v) is 5.57. The first kappa shape index (κ1) is 23.6. The molecule has 33 heavy (non-hydrogen) atoms. The number of hydrogen-bond acceptors (Lipinski definition) is 6. The number of nitrogens with one attached hydrogen (secondary N) is 1. The Morgan fingerprint density at radius 1 is 1.24 bits per heavy atom. The van der Waals surface area contributed by atoms with Crippen molar-refractivity contribution in [2.75, 3.05) is 11.9 Å². The van der Waals surface area contributed by atoms with Crippen molar-refractivity contribution in [1.82, 2.24) is 9.88 Å². The van der Waals surface area contributed by atoms with E-state index in [0.29, 0.717) is 20.8 Å². The van der Waals surface area contributed by atoms with Gasteiger partial charge in [-0.3, -0.25) is 14.5 Å². The van der Waals surface area contributed by atoms with Crippen LogP contribution in [0.4, 0.5) is 5.13 Å². The van der Waals surface area contributed by atoms with Crippen molar-refractivity contribution in [3.8, 4) is 0 Å². The van der Waals surface area contributed by atoms with E-state index in [9.17, 15) is 9.59 Å². The summed E-state index contributed by atoms with van der Waals surface area (Å²) in [6.45, 7) is 3.80. The molecule has 0 unspecified atom stereocenters. The smallest absolute Gasteiger partial charge is 0.266 e. The Labute approximate surface area is 210 Å². The van der Waals surface area contributed by atoms with Gasteiger partial charge in [0, 0.05) is 22.5 Å². The minimum absolute atomic E-state index is 0.154. The Balaban J connectivity index is 1.37. The molecule has 0 spiro atoms. The van der Waals surface area contributed by atoms with Crippen LogP contribution in [0.2, 0.25) is 5.02 Å². The summed E-state index contributed by atoms with van der Waals surface area (Å²) in [6, 6.07) is 13.8. The molecule has 1 aromatic heterocycles. The number of nitrogens with zero attached hydrogens (tertiary/aromatic N) is 2. The first-order valence-corrected chi connectivity index (χ1v) is 12.5. The summed E-state index contributed by atoms with van der Waals surface area (Å²) in [5.41, 5.74) is 4.13. The normalized spacial score (nSPS) is 14.9. The van der Waals surface area contributed by atoms with Gasteiger partial charge in [0.15, 0.2) is 5.13 Å². The quantitative estimate of drug-likeness (QED) is 0.331. The molecule has 0 atom stereocenters. The minimum Gasteiger partial charge on any atom is -0.300 e. The molecule has 0 saturated carbocycles. The molecule has 2 aromatic carbocycles. The van der Waals surface area contributed by atoms with Gasteiger partial charge in [0.2, 0.25) is 5.91 Å². The first-order chi connectivity index (χ1) is 15.8. The van der Waals surface area contributed by atoms with E-state index in [0.717, 1.165) is 32.2 Å². The number of anilines is 1. The molecule has 1 aliphatic rings. The second-order valence-corrected chi connectivity index (χ2v) is 10.8. The van der Waals surface area contributed by atoms with Crippen LogP contribution in [0.25, 0.3) is 6.08 Å². The van der Waals surface area contributed by atoms with E-state index in [2.05, 4.69) is 10.3 Å². The molecule has 2 heterocycles. The molecule has 2 amide bonds. The number of thiocarbonyl (C=S) groups is 1. The number of carbonyl (C=O) groups excluding carboxylic acids is 2. The average Bonchev–Trinajstić information content (AvgIpc) is 3.30. The summed E-state index contributed by atoms with van der Waals surface area (Å²) >= 11 is 14.1. The van der Waals surface area contributed by atoms with Crippen LogP contribution in [-0.4, -0.2) is 32.6 Å². The van der Waals surface area contributed by atoms with Gasteiger partial charge in [-0.1, -0.05) is 77.5 Å². The topological polar surface area (TPSA) is 62.3 Å². The lowest BCUT2D eigenvalue weighted by Crippen LogP contribution is -2.36. The second kappa shape index (κ2) is 10.2. The molecule has 3 aromatic rings. The van der Waals surface area contributed by atoms with Gasteiger partial charge in [0.05, 0.1) is 4.91 Å². The van der Waals surface area contributed by atoms with Crippen LogP contribution in [0.1, 0.15) is 27.1 Å². The number of benzene rings is 2. The zero-order valence-corrected chi connectivity index (χ0v) is 21.1. The lowest BCUT2D eigenvalue weighted by molar-refractivity contribution is -0.126. The van der Waals surface area contributed by atoms with Gasteiger partial charge < -0.3 is 5.32 Å². The van der Waals surface area contributed by atoms with E-state index in [1.165, 1.54) is 28.0 Å². The van der Waals surface area contributed by atoms with Gasteiger partial charge in [-0.15, -0.1) is 11.3 Å². The molecule has 4 rings (SSSR count). The van der Waals surface area contributed by atoms with Gasteiger partial charge in [-0.25, -0.2) is 4.98 Å². The predicted octanol–water partition coefficient (Wildman–Crippen LogP) is 5.84. The van der Waals surface area contributed by atoms with Crippen molar-refractivity contribution in [3.05, 3.63) is 85.7 Å². The second-order valence-electron chi connectivity index (χ2n) is 7.62. The van der Waals surface area contributed by atoms with E-state index in [-0.39, 0.29) is 18.4 Å². The third-order valence-electron chi connectivity index (χ3n) is 4.93. The summed E-state index contributed by atoms with van der Waals surface area (Å²) in [6.07, 6.45) is 4.21. The Morgan fingerprint density at radius 2 is 2.06 bits per heavy atom. The van der Waals surface area contributed by atoms with Crippen molar-refractivity contribution in [2.24, 2.45) is 0 Å². The predicted molar refractivity (Wildman–Crippen MR) is 141 cm³/mol. The SMILES string of the molecule is Cc1cccc(/C=C2\SC(=S)N(CC(=O)Nc3ncc(Cc4ccc(C)c(Cl)c4)s3)C2=O)c1. The highest BCUT2D eigenvalue weighted by Crippen LogP contribution is 2.32. The molecule has 0 aliphatic carbocycles. The van der Waals surface area contributed by atoms with E-state index in [1.54, 1.807) is 12.3 Å². The molecule has 1 aliphatic heterocycles. The third kappa shape index (κ3) is 5.89. The standard InChI is InChI=1S/C24H20ClN3O2S3/c1-14-4-3-5-16(8-14)11-20-22(30)28(24(31)33-20)13-21(29)27-23-26-12-18(32-23)9-17-7-6-15(2)19(25)10-17/h3-8,10-12H,9,13H2,1-2H3,(H,26,27,29)/b20-11-. The van der Waals surface area contributed by atoms with Crippen LogP contribution in [-0.2, 0) is 16.0 Å². The maximum absolute atomic E-state index is 12.8. The average molecular weight is 514 g/mol. The van der Waals surface area contributed by atoms with E-state index < -0.39 is 0 Å². The number of aryl methyl sites for hydroxylation is 2. The summed E-state index contributed by atoms with van der Waals surface area (Å²) in [4.78, 5) is 32.5. The molecule has 0 bridgehead atoms. The highest BCUT2D eigenvalue weighted by molar-refractivity contribution is 8.26. The Hall–Kier alpha value is -2.52. The molecule has 0 radical (unpaired) electrons. The molecule has 9 heteroatoms. The van der Waals surface area contributed by atoms with Crippen LogP contribution >= 0.6 is 46.9 Å². The summed E-state index contributed by atoms with van der Waals surface area (Å²) in [5, 5.41) is 3.98. The zero-order chi connectivity index (χ0) is 23.5. The lowest BCUT2D eigenvalue weighted by atomic mass is 10.1. The first-order valence-electron chi connectivity index (χ1n) is 10.1. The number of thioether (sulfide) groups is 1. The van der Waals surface area contributed by atoms with Crippen molar-refractivity contribution in [3.63, 3.8) is 0 Å². The Bertz CT molecular complexity index is 1290. The number of carbonyl (C=O) groups is 2. The highest BCUT2D eigenvalue weighted by Gasteiger charge is 2.33. The van der Waals surface area contributed by atoms with Crippen LogP contribution in [0, 0.1) is 13.8 Å². The summed E-state index contributed by atoms with van der Waals surface area (Å²) < 4.78 is 0.366. The number of aromatic nitrogens is 1. The van der Waals surface area contributed by atoms with Gasteiger partial charge >= 0.3 is 0 Å². The number of rotatable bonds is 6. The van der Waals surface area contributed by atoms with Gasteiger partial charge in [-0.05, 0) is 42.7 Å². The number of thiazole rings is 1. The minimum atomic E-state index is -0.345. The molecule has 1 saturated heterocycles. The largest absolute Gasteiger partial charge is 0.300 e. The van der Waals surface area contributed by atoms with Gasteiger partial charge in [0.1, 0.15) is 10.9 Å². The van der Waals surface area contributed by atoms with Crippen LogP contribution in [0.5, 0.6) is 0 Å². The maximum atomic E-state index is 12.8. The summed E-state index contributed by atoms with van der Waals surface area (Å²) in [5.74, 6) is -0.611. The maximum Gasteiger partial charge on any atom is 0.266 e. The van der Waals surface area contributed by atoms with Crippen molar-refractivity contribution in [1.29, 1.82) is 0 Å². The number of halogens is 1. The molecule has 168 valence electrons. The fourth-order valence-electron chi connectivity index (χ4n) is 3.24. The van der Waals surface area contributed by atoms with Crippen LogP contribution in [0.3, 0.4) is 0 Å². The van der Waals surface area contributed by atoms with E-state index in [1.807, 2.05) is 56.3 Å². The Kier molecular flexibility index (Phi) is 7.29. The molecular formula is C24H20ClN3O2S3. The van der Waals surface area contributed by atoms with Crippen molar-refractivity contribution < 1.29 is 9.59 Å². The fraction of sp³-hybridized carbons (Fsp3) is 0.167. The highest BCUT2D eigenvalue weighted by atomic mass is 35.5. The van der Waals surface area contributed by atoms with Crippen molar-refractivity contribution in [2.45, 2.75) is 20.3 Å². The zero-order valence-electron chi connectivity index (χ0n) is 17.9. The molecule has 5 nitrogen and oxygen atoms in total. The van der Waals surface area contributed by atoms with Gasteiger partial charge in [-0.2, -0.15) is 0 Å². The summed E-state index contributed by atoms with van der Waals surface area (Å²) in [7, 11) is 0. The van der Waals surface area contributed by atoms with E-state index in [4.69, 9.17) is 23.8 Å². The number of hydrogen-bond donors (Lipinski definition) is 1. The molecule has 1 fully saturated rings. The van der Waals surface area contributed by atoms with Crippen LogP contribution < -0.4 is 5.32 Å². The monoisotopic (exact) mass is 513 g/mol. The Morgan fingerprint density at radius 3 is 2.82 bits per heavy atom. The third-order valence-corrected chi connectivity index (χ3v) is 7.63. The molecular weight excluding hydrogens is 494 g/mol. The number of amides is 2. The van der Waals surface area contributed by atoms with Crippen LogP contribution in [0.15, 0.2) is 53.6 Å². The molecule has 1 N–H and O–H groups in total. The van der Waals surface area contributed by atoms with Gasteiger partial charge in [0.25, 0.3) is 5.91 Å².